The monoisotopic (exact) mass is 299 g/mol. The lowest BCUT2D eigenvalue weighted by molar-refractivity contribution is -0.674. The minimum Gasteiger partial charge on any atom is -0.230 e. The quantitative estimate of drug-likeness (QED) is 0.398. The molecule has 0 saturated carbocycles. The van der Waals surface area contributed by atoms with E-state index in [-0.39, 0.29) is 0 Å². The van der Waals surface area contributed by atoms with E-state index in [0.29, 0.717) is 0 Å². The molecule has 0 aliphatic rings. The van der Waals surface area contributed by atoms with E-state index >= 15 is 0 Å². The van der Waals surface area contributed by atoms with Crippen LogP contribution >= 0.6 is 0 Å². The Bertz CT molecular complexity index is 531. The van der Waals surface area contributed by atoms with Crippen molar-refractivity contribution in [2.24, 2.45) is 0 Å². The van der Waals surface area contributed by atoms with E-state index < -0.39 is 0 Å². The molecule has 1 heterocycles. The molecule has 0 aliphatic heterocycles. The van der Waals surface area contributed by atoms with Crippen LogP contribution in [0.5, 0.6) is 0 Å². The molecule has 1 aromatic heterocycles. The Hall–Kier alpha value is -1.44. The number of aromatic nitrogens is 2. The van der Waals surface area contributed by atoms with Gasteiger partial charge in [0.25, 0.3) is 6.33 Å². The Morgan fingerprint density at radius 2 is 1.45 bits per heavy atom. The summed E-state index contributed by atoms with van der Waals surface area (Å²) in [5.74, 6) is 0. The van der Waals surface area contributed by atoms with Gasteiger partial charge in [0.1, 0.15) is 5.52 Å². The van der Waals surface area contributed by atoms with Crippen LogP contribution in [0, 0.1) is 0 Å². The second kappa shape index (κ2) is 10.3. The summed E-state index contributed by atoms with van der Waals surface area (Å²) in [5, 5.41) is 1.23. The predicted octanol–water partition coefficient (Wildman–Crippen LogP) is 5.44. The Labute approximate surface area is 135 Å². The summed E-state index contributed by atoms with van der Waals surface area (Å²) >= 11 is 0. The van der Waals surface area contributed by atoms with Gasteiger partial charge in [-0.1, -0.05) is 75.4 Å². The van der Waals surface area contributed by atoms with Crippen molar-refractivity contribution in [2.75, 3.05) is 0 Å². The smallest absolute Gasteiger partial charge is 0.230 e. The van der Waals surface area contributed by atoms with Crippen LogP contribution in [0.1, 0.15) is 71.1 Å². The van der Waals surface area contributed by atoms with Crippen LogP contribution in [-0.2, 0) is 6.54 Å². The van der Waals surface area contributed by atoms with E-state index in [1.807, 2.05) is 12.5 Å². The highest BCUT2D eigenvalue weighted by Gasteiger charge is 2.05. The molecule has 0 atom stereocenters. The third kappa shape index (κ3) is 5.75. The van der Waals surface area contributed by atoms with Gasteiger partial charge in [-0.3, -0.25) is 0 Å². The number of nitrogens with zero attached hydrogens (tertiary/aromatic N) is 2. The Morgan fingerprint density at radius 3 is 2.18 bits per heavy atom. The first-order valence-corrected chi connectivity index (χ1v) is 9.14. The molecule has 2 heteroatoms. The predicted molar refractivity (Wildman–Crippen MR) is 93.8 cm³/mol. The van der Waals surface area contributed by atoms with E-state index in [1.54, 1.807) is 0 Å². The molecule has 0 amide bonds. The van der Waals surface area contributed by atoms with Crippen LogP contribution in [0.2, 0.25) is 0 Å². The molecule has 2 rings (SSSR count). The number of hydrogen-bond donors (Lipinski definition) is 0. The van der Waals surface area contributed by atoms with Gasteiger partial charge in [0.05, 0.1) is 11.9 Å². The molecule has 120 valence electrons. The highest BCUT2D eigenvalue weighted by atomic mass is 15.0. The summed E-state index contributed by atoms with van der Waals surface area (Å²) in [6, 6.07) is 8.51. The molecule has 0 aliphatic carbocycles. The SMILES string of the molecule is CCCCCCCCCCCC[n+]1cncc2ccccc21. The van der Waals surface area contributed by atoms with Crippen LogP contribution < -0.4 is 4.57 Å². The van der Waals surface area contributed by atoms with Gasteiger partial charge in [-0.25, -0.2) is 4.57 Å². The van der Waals surface area contributed by atoms with Crippen molar-refractivity contribution in [3.8, 4) is 0 Å². The van der Waals surface area contributed by atoms with E-state index in [1.165, 1.54) is 75.1 Å². The number of hydrogen-bond acceptors (Lipinski definition) is 1. The molecule has 0 N–H and O–H groups in total. The fraction of sp³-hybridized carbons (Fsp3) is 0.600. The number of para-hydroxylation sites is 1. The average molecular weight is 299 g/mol. The van der Waals surface area contributed by atoms with Crippen LogP contribution in [-0.4, -0.2) is 4.98 Å². The summed E-state index contributed by atoms with van der Waals surface area (Å²) in [6.45, 7) is 3.37. The van der Waals surface area contributed by atoms with E-state index in [9.17, 15) is 0 Å². The number of aryl methyl sites for hydroxylation is 1. The van der Waals surface area contributed by atoms with Crippen LogP contribution in [0.15, 0.2) is 36.8 Å². The fourth-order valence-corrected chi connectivity index (χ4v) is 3.06. The lowest BCUT2D eigenvalue weighted by Gasteiger charge is -2.04. The van der Waals surface area contributed by atoms with Crippen molar-refractivity contribution in [3.05, 3.63) is 36.8 Å². The second-order valence-corrected chi connectivity index (χ2v) is 6.33. The zero-order chi connectivity index (χ0) is 15.5. The first-order valence-electron chi connectivity index (χ1n) is 9.14. The van der Waals surface area contributed by atoms with Gasteiger partial charge in [-0.15, -0.1) is 0 Å². The normalized spacial score (nSPS) is 11.1. The molecule has 0 unspecified atom stereocenters. The molecular weight excluding hydrogens is 268 g/mol. The molecule has 2 nitrogen and oxygen atoms in total. The number of unbranched alkanes of at least 4 members (excludes halogenated alkanes) is 9. The standard InChI is InChI=1S/C20H31N2/c1-2-3-4-5-6-7-8-9-10-13-16-22-18-21-17-19-14-11-12-15-20(19)22/h11-12,14-15,17-18H,2-10,13,16H2,1H3/q+1. The van der Waals surface area contributed by atoms with Crippen molar-refractivity contribution in [2.45, 2.75) is 77.7 Å². The molecule has 1 aromatic carbocycles. The summed E-state index contributed by atoms with van der Waals surface area (Å²) in [5.41, 5.74) is 1.30. The maximum atomic E-state index is 4.34. The van der Waals surface area contributed by atoms with Crippen molar-refractivity contribution in [1.29, 1.82) is 0 Å². The lowest BCUT2D eigenvalue weighted by atomic mass is 10.1. The number of rotatable bonds is 11. The second-order valence-electron chi connectivity index (χ2n) is 6.33. The maximum Gasteiger partial charge on any atom is 0.286 e. The number of fused-ring (bicyclic) bond motifs is 1. The topological polar surface area (TPSA) is 16.8 Å². The maximum absolute atomic E-state index is 4.34. The first kappa shape index (κ1) is 16.9. The summed E-state index contributed by atoms with van der Waals surface area (Å²) in [7, 11) is 0. The summed E-state index contributed by atoms with van der Waals surface area (Å²) in [4.78, 5) is 4.34. The lowest BCUT2D eigenvalue weighted by Crippen LogP contribution is -2.34. The fourth-order valence-electron chi connectivity index (χ4n) is 3.06. The zero-order valence-electron chi connectivity index (χ0n) is 14.1. The van der Waals surface area contributed by atoms with Crippen LogP contribution in [0.3, 0.4) is 0 Å². The van der Waals surface area contributed by atoms with Gasteiger partial charge in [0, 0.05) is 0 Å². The molecule has 0 radical (unpaired) electrons. The largest absolute Gasteiger partial charge is 0.286 e. The Morgan fingerprint density at radius 1 is 0.818 bits per heavy atom. The van der Waals surface area contributed by atoms with Crippen molar-refractivity contribution in [1.82, 2.24) is 4.98 Å². The number of benzene rings is 1. The third-order valence-corrected chi connectivity index (χ3v) is 4.42. The van der Waals surface area contributed by atoms with Crippen molar-refractivity contribution < 1.29 is 4.57 Å². The molecule has 0 fully saturated rings. The molecule has 2 aromatic rings. The molecular formula is C20H31N2+. The summed E-state index contributed by atoms with van der Waals surface area (Å²) < 4.78 is 2.29. The van der Waals surface area contributed by atoms with Crippen LogP contribution in [0.25, 0.3) is 10.9 Å². The van der Waals surface area contributed by atoms with E-state index in [2.05, 4.69) is 40.7 Å². The molecule has 22 heavy (non-hydrogen) atoms. The Balaban J connectivity index is 1.59. The summed E-state index contributed by atoms with van der Waals surface area (Å²) in [6.07, 6.45) is 17.8. The van der Waals surface area contributed by atoms with E-state index in [4.69, 9.17) is 0 Å². The molecule has 0 saturated heterocycles. The molecule has 0 spiro atoms. The minimum absolute atomic E-state index is 1.09. The zero-order valence-corrected chi connectivity index (χ0v) is 14.1. The third-order valence-electron chi connectivity index (χ3n) is 4.42. The van der Waals surface area contributed by atoms with Gasteiger partial charge in [0.15, 0.2) is 6.20 Å². The van der Waals surface area contributed by atoms with E-state index in [0.717, 1.165) is 6.54 Å². The van der Waals surface area contributed by atoms with Crippen molar-refractivity contribution in [3.63, 3.8) is 0 Å². The Kier molecular flexibility index (Phi) is 7.93. The average Bonchev–Trinajstić information content (AvgIpc) is 2.56. The van der Waals surface area contributed by atoms with Gasteiger partial charge in [-0.05, 0) is 25.0 Å². The van der Waals surface area contributed by atoms with Gasteiger partial charge in [0.2, 0.25) is 0 Å². The van der Waals surface area contributed by atoms with Gasteiger partial charge >= 0.3 is 0 Å². The first-order chi connectivity index (χ1) is 10.9. The highest BCUT2D eigenvalue weighted by molar-refractivity contribution is 5.73. The minimum atomic E-state index is 1.09. The van der Waals surface area contributed by atoms with Crippen LogP contribution in [0.4, 0.5) is 0 Å². The van der Waals surface area contributed by atoms with Crippen molar-refractivity contribution >= 4 is 10.9 Å². The highest BCUT2D eigenvalue weighted by Crippen LogP contribution is 2.11. The van der Waals surface area contributed by atoms with Gasteiger partial charge in [-0.2, -0.15) is 0 Å². The van der Waals surface area contributed by atoms with Gasteiger partial charge < -0.3 is 0 Å². The molecule has 0 bridgehead atoms.